The first-order chi connectivity index (χ1) is 10.7. The molecule has 1 aromatic carbocycles. The molecule has 0 bridgehead atoms. The molecule has 118 valence electrons. The van der Waals surface area contributed by atoms with E-state index in [4.69, 9.17) is 14.0 Å². The van der Waals surface area contributed by atoms with Crippen molar-refractivity contribution >= 4 is 0 Å². The van der Waals surface area contributed by atoms with Gasteiger partial charge < -0.3 is 14.0 Å². The van der Waals surface area contributed by atoms with Gasteiger partial charge in [-0.05, 0) is 32.4 Å². The zero-order chi connectivity index (χ0) is 15.5. The van der Waals surface area contributed by atoms with Crippen molar-refractivity contribution in [3.63, 3.8) is 0 Å². The van der Waals surface area contributed by atoms with Gasteiger partial charge in [0.05, 0.1) is 20.4 Å². The van der Waals surface area contributed by atoms with Crippen molar-refractivity contribution in [1.82, 2.24) is 10.1 Å². The maximum Gasteiger partial charge on any atom is 0.138 e. The third-order valence-electron chi connectivity index (χ3n) is 4.39. The summed E-state index contributed by atoms with van der Waals surface area (Å²) in [6.45, 7) is 3.89. The van der Waals surface area contributed by atoms with Gasteiger partial charge in [-0.1, -0.05) is 11.2 Å². The summed E-state index contributed by atoms with van der Waals surface area (Å²) >= 11 is 0. The molecule has 1 aliphatic rings. The Bertz CT molecular complexity index is 639. The first kappa shape index (κ1) is 14.9. The highest BCUT2D eigenvalue weighted by Crippen LogP contribution is 2.39. The van der Waals surface area contributed by atoms with Gasteiger partial charge in [0.2, 0.25) is 0 Å². The molecule has 0 aliphatic carbocycles. The number of aryl methyl sites for hydroxylation is 1. The van der Waals surface area contributed by atoms with Gasteiger partial charge in [-0.25, -0.2) is 0 Å². The van der Waals surface area contributed by atoms with E-state index in [0.29, 0.717) is 6.04 Å². The number of hydrogen-bond acceptors (Lipinski definition) is 5. The van der Waals surface area contributed by atoms with E-state index < -0.39 is 0 Å². The normalized spacial score (nSPS) is 18.6. The molecule has 0 spiro atoms. The molecule has 0 radical (unpaired) electrons. The topological polar surface area (TPSA) is 47.7 Å². The molecule has 1 aliphatic heterocycles. The van der Waals surface area contributed by atoms with Crippen molar-refractivity contribution in [3.05, 3.63) is 41.3 Å². The Hall–Kier alpha value is -2.01. The van der Waals surface area contributed by atoms with Gasteiger partial charge in [0.1, 0.15) is 17.3 Å². The van der Waals surface area contributed by atoms with Crippen LogP contribution in [0.2, 0.25) is 0 Å². The Morgan fingerprint density at radius 2 is 2.18 bits per heavy atom. The smallest absolute Gasteiger partial charge is 0.138 e. The van der Waals surface area contributed by atoms with E-state index in [1.807, 2.05) is 25.3 Å². The van der Waals surface area contributed by atoms with Gasteiger partial charge in [-0.2, -0.15) is 0 Å². The molecule has 1 fully saturated rings. The molecule has 22 heavy (non-hydrogen) atoms. The Morgan fingerprint density at radius 1 is 1.32 bits per heavy atom. The zero-order valence-corrected chi connectivity index (χ0v) is 13.3. The van der Waals surface area contributed by atoms with Crippen LogP contribution in [-0.4, -0.2) is 30.8 Å². The van der Waals surface area contributed by atoms with E-state index in [2.05, 4.69) is 16.1 Å². The number of ether oxygens (including phenoxy) is 2. The van der Waals surface area contributed by atoms with Gasteiger partial charge in [-0.3, -0.25) is 4.90 Å². The molecule has 1 saturated heterocycles. The number of aromatic nitrogens is 1. The molecule has 0 N–H and O–H groups in total. The van der Waals surface area contributed by atoms with Crippen LogP contribution in [0.5, 0.6) is 11.5 Å². The van der Waals surface area contributed by atoms with Crippen molar-refractivity contribution < 1.29 is 14.0 Å². The second-order valence-corrected chi connectivity index (χ2v) is 5.64. The van der Waals surface area contributed by atoms with Crippen LogP contribution in [0, 0.1) is 6.92 Å². The third kappa shape index (κ3) is 2.81. The van der Waals surface area contributed by atoms with Crippen LogP contribution in [0.3, 0.4) is 0 Å². The van der Waals surface area contributed by atoms with Crippen LogP contribution in [-0.2, 0) is 6.54 Å². The molecule has 2 heterocycles. The highest BCUT2D eigenvalue weighted by atomic mass is 16.5. The Balaban J connectivity index is 1.85. The molecular formula is C17H22N2O3. The first-order valence-corrected chi connectivity index (χ1v) is 7.59. The van der Waals surface area contributed by atoms with Gasteiger partial charge in [-0.15, -0.1) is 0 Å². The Morgan fingerprint density at radius 3 is 2.86 bits per heavy atom. The standard InChI is InChI=1S/C17H22N2O3/c1-12-13(10-18-22-12)11-19-8-4-5-16(19)15-7-6-14(20-2)9-17(15)21-3/h6-7,9-10,16H,4-5,8,11H2,1-3H3. The molecule has 3 rings (SSSR count). The van der Waals surface area contributed by atoms with Gasteiger partial charge in [0.25, 0.3) is 0 Å². The molecule has 0 saturated carbocycles. The molecular weight excluding hydrogens is 280 g/mol. The Labute approximate surface area is 130 Å². The lowest BCUT2D eigenvalue weighted by atomic mass is 10.0. The number of likely N-dealkylation sites (tertiary alicyclic amines) is 1. The fourth-order valence-corrected chi connectivity index (χ4v) is 3.15. The second-order valence-electron chi connectivity index (χ2n) is 5.64. The summed E-state index contributed by atoms with van der Waals surface area (Å²) in [7, 11) is 3.38. The summed E-state index contributed by atoms with van der Waals surface area (Å²) < 4.78 is 16.0. The lowest BCUT2D eigenvalue weighted by molar-refractivity contribution is 0.241. The van der Waals surface area contributed by atoms with Crippen LogP contribution in [0.4, 0.5) is 0 Å². The van der Waals surface area contributed by atoms with E-state index in [1.165, 1.54) is 12.0 Å². The van der Waals surface area contributed by atoms with Crippen LogP contribution >= 0.6 is 0 Å². The predicted octanol–water partition coefficient (Wildman–Crippen LogP) is 3.34. The van der Waals surface area contributed by atoms with E-state index in [1.54, 1.807) is 14.2 Å². The van der Waals surface area contributed by atoms with Gasteiger partial charge >= 0.3 is 0 Å². The summed E-state index contributed by atoms with van der Waals surface area (Å²) in [5.41, 5.74) is 2.37. The second kappa shape index (κ2) is 6.40. The fraction of sp³-hybridized carbons (Fsp3) is 0.471. The summed E-state index contributed by atoms with van der Waals surface area (Å²) in [6.07, 6.45) is 4.13. The lowest BCUT2D eigenvalue weighted by Gasteiger charge is -2.26. The molecule has 1 aromatic heterocycles. The molecule has 1 unspecified atom stereocenters. The third-order valence-corrected chi connectivity index (χ3v) is 4.39. The number of rotatable bonds is 5. The first-order valence-electron chi connectivity index (χ1n) is 7.59. The van der Waals surface area contributed by atoms with Gasteiger partial charge in [0, 0.05) is 29.8 Å². The SMILES string of the molecule is COc1ccc(C2CCCN2Cc2cnoc2C)c(OC)c1. The van der Waals surface area contributed by atoms with Gasteiger partial charge in [0.15, 0.2) is 0 Å². The molecule has 5 nitrogen and oxygen atoms in total. The van der Waals surface area contributed by atoms with E-state index >= 15 is 0 Å². The molecule has 2 aromatic rings. The Kier molecular flexibility index (Phi) is 4.34. The van der Waals surface area contributed by atoms with Crippen molar-refractivity contribution in [2.75, 3.05) is 20.8 Å². The highest BCUT2D eigenvalue weighted by molar-refractivity contribution is 5.43. The van der Waals surface area contributed by atoms with E-state index in [0.717, 1.165) is 42.3 Å². The number of methoxy groups -OCH3 is 2. The number of nitrogens with zero attached hydrogens (tertiary/aromatic N) is 2. The van der Waals surface area contributed by atoms with Crippen LogP contribution < -0.4 is 9.47 Å². The molecule has 1 atom stereocenters. The maximum absolute atomic E-state index is 5.57. The highest BCUT2D eigenvalue weighted by Gasteiger charge is 2.29. The lowest BCUT2D eigenvalue weighted by Crippen LogP contribution is -2.23. The molecule has 5 heteroatoms. The largest absolute Gasteiger partial charge is 0.497 e. The van der Waals surface area contributed by atoms with Crippen LogP contribution in [0.1, 0.15) is 35.8 Å². The average molecular weight is 302 g/mol. The summed E-state index contributed by atoms with van der Waals surface area (Å²) in [5, 5.41) is 3.88. The molecule has 0 amide bonds. The van der Waals surface area contributed by atoms with E-state index in [-0.39, 0.29) is 0 Å². The monoisotopic (exact) mass is 302 g/mol. The van der Waals surface area contributed by atoms with Crippen molar-refractivity contribution in [2.24, 2.45) is 0 Å². The zero-order valence-electron chi connectivity index (χ0n) is 13.3. The van der Waals surface area contributed by atoms with Crippen LogP contribution in [0.25, 0.3) is 0 Å². The van der Waals surface area contributed by atoms with Crippen molar-refractivity contribution in [3.8, 4) is 11.5 Å². The van der Waals surface area contributed by atoms with E-state index in [9.17, 15) is 0 Å². The maximum atomic E-state index is 5.57. The number of hydrogen-bond donors (Lipinski definition) is 0. The minimum Gasteiger partial charge on any atom is -0.497 e. The minimum absolute atomic E-state index is 0.357. The summed E-state index contributed by atoms with van der Waals surface area (Å²) in [5.74, 6) is 2.60. The average Bonchev–Trinajstić information content (AvgIpc) is 3.16. The number of benzene rings is 1. The van der Waals surface area contributed by atoms with Crippen molar-refractivity contribution in [2.45, 2.75) is 32.4 Å². The van der Waals surface area contributed by atoms with Crippen LogP contribution in [0.15, 0.2) is 28.9 Å². The minimum atomic E-state index is 0.357. The fourth-order valence-electron chi connectivity index (χ4n) is 3.15. The van der Waals surface area contributed by atoms with Crippen molar-refractivity contribution in [1.29, 1.82) is 0 Å². The predicted molar refractivity (Wildman–Crippen MR) is 83.2 cm³/mol. The quantitative estimate of drug-likeness (QED) is 0.848. The summed E-state index contributed by atoms with van der Waals surface area (Å²) in [4.78, 5) is 2.46. The summed E-state index contributed by atoms with van der Waals surface area (Å²) in [6, 6.07) is 6.42.